The first-order valence-corrected chi connectivity index (χ1v) is 14.8. The molecule has 1 fully saturated rings. The van der Waals surface area contributed by atoms with E-state index in [1.807, 2.05) is 36.4 Å². The van der Waals surface area contributed by atoms with Crippen molar-refractivity contribution in [3.8, 4) is 0 Å². The first-order chi connectivity index (χ1) is 20.7. The van der Waals surface area contributed by atoms with E-state index >= 15 is 0 Å². The summed E-state index contributed by atoms with van der Waals surface area (Å²) in [5.74, 6) is -2.13. The van der Waals surface area contributed by atoms with E-state index < -0.39 is 28.6 Å². The molecule has 0 amide bonds. The van der Waals surface area contributed by atoms with Gasteiger partial charge >= 0.3 is 11.7 Å². The number of benzene rings is 3. The lowest BCUT2D eigenvalue weighted by Crippen LogP contribution is -2.52. The minimum atomic E-state index is -1.83. The number of nitrogens with zero attached hydrogens (tertiary/aromatic N) is 3. The van der Waals surface area contributed by atoms with Gasteiger partial charge in [-0.05, 0) is 69.3 Å². The highest BCUT2D eigenvalue weighted by Gasteiger charge is 2.34. The Balaban J connectivity index is 1.21. The normalized spacial score (nSPS) is 14.9. The van der Waals surface area contributed by atoms with Gasteiger partial charge in [0.05, 0.1) is 17.0 Å². The van der Waals surface area contributed by atoms with Gasteiger partial charge in [0.1, 0.15) is 17.5 Å². The van der Waals surface area contributed by atoms with Gasteiger partial charge < -0.3 is 14.7 Å². The van der Waals surface area contributed by atoms with Crippen molar-refractivity contribution in [2.45, 2.75) is 63.8 Å². The van der Waals surface area contributed by atoms with Crippen molar-refractivity contribution in [1.29, 1.82) is 0 Å². The Bertz CT molecular complexity index is 1640. The number of aliphatic carboxylic acids is 1. The van der Waals surface area contributed by atoms with E-state index in [1.165, 1.54) is 30.5 Å². The molecule has 3 aromatic carbocycles. The van der Waals surface area contributed by atoms with Crippen LogP contribution in [0.5, 0.6) is 0 Å². The number of carboxylic acid groups (broad SMARTS) is 1. The number of halogens is 1. The standard InChI is InChI=1S/C34H38FN3O5/c1-34(2,32(40)41)38-31(39)29-27(35)16-11-17-28(29)37(33(38)42)21-10-9-20-36-22-18-26(19-23-36)43-30(24-12-5-3-6-13-24)25-14-7-4-8-15-25/h3-8,11-17,26,30H,9-10,18-23H2,1-2H3,(H,40,41). The van der Waals surface area contributed by atoms with Crippen LogP contribution in [-0.4, -0.2) is 50.8 Å². The molecule has 0 aliphatic carbocycles. The third kappa shape index (κ3) is 6.48. The predicted molar refractivity (Wildman–Crippen MR) is 164 cm³/mol. The zero-order chi connectivity index (χ0) is 30.6. The van der Waals surface area contributed by atoms with Crippen molar-refractivity contribution in [1.82, 2.24) is 14.0 Å². The molecule has 8 nitrogen and oxygen atoms in total. The molecule has 4 aromatic rings. The number of likely N-dealkylation sites (tertiary alicyclic amines) is 1. The average molecular weight is 588 g/mol. The quantitative estimate of drug-likeness (QED) is 0.243. The van der Waals surface area contributed by atoms with E-state index in [9.17, 15) is 23.9 Å². The summed E-state index contributed by atoms with van der Waals surface area (Å²) in [7, 11) is 0. The fourth-order valence-corrected chi connectivity index (χ4v) is 5.85. The highest BCUT2D eigenvalue weighted by molar-refractivity contribution is 5.80. The van der Waals surface area contributed by atoms with Crippen LogP contribution in [0.2, 0.25) is 0 Å². The van der Waals surface area contributed by atoms with Crippen molar-refractivity contribution >= 4 is 16.9 Å². The van der Waals surface area contributed by atoms with Crippen LogP contribution in [0.1, 0.15) is 56.8 Å². The molecule has 1 saturated heterocycles. The van der Waals surface area contributed by atoms with Crippen molar-refractivity contribution in [3.63, 3.8) is 0 Å². The second kappa shape index (κ2) is 13.1. The van der Waals surface area contributed by atoms with Crippen molar-refractivity contribution in [2.24, 2.45) is 0 Å². The zero-order valence-corrected chi connectivity index (χ0v) is 24.6. The SMILES string of the molecule is CC(C)(C(=O)O)n1c(=O)c2c(F)cccc2n(CCCCN2CCC(OC(c3ccccc3)c3ccccc3)CC2)c1=O. The zero-order valence-electron chi connectivity index (χ0n) is 24.6. The van der Waals surface area contributed by atoms with Crippen LogP contribution in [0.3, 0.4) is 0 Å². The van der Waals surface area contributed by atoms with Crippen LogP contribution in [-0.2, 0) is 21.6 Å². The van der Waals surface area contributed by atoms with Gasteiger partial charge in [-0.2, -0.15) is 0 Å². The summed E-state index contributed by atoms with van der Waals surface area (Å²) in [6.45, 7) is 5.40. The molecule has 0 radical (unpaired) electrons. The Morgan fingerprint density at radius 1 is 0.907 bits per heavy atom. The lowest BCUT2D eigenvalue weighted by atomic mass is 10.00. The van der Waals surface area contributed by atoms with E-state index in [0.717, 1.165) is 56.1 Å². The molecule has 1 N–H and O–H groups in total. The highest BCUT2D eigenvalue weighted by Crippen LogP contribution is 2.30. The largest absolute Gasteiger partial charge is 0.480 e. The van der Waals surface area contributed by atoms with E-state index in [2.05, 4.69) is 29.2 Å². The molecule has 0 unspecified atom stereocenters. The molecule has 2 heterocycles. The van der Waals surface area contributed by atoms with Gasteiger partial charge in [-0.15, -0.1) is 0 Å². The molecular formula is C34H38FN3O5. The van der Waals surface area contributed by atoms with E-state index in [0.29, 0.717) is 11.0 Å². The van der Waals surface area contributed by atoms with Gasteiger partial charge in [0.25, 0.3) is 5.56 Å². The summed E-state index contributed by atoms with van der Waals surface area (Å²) in [5, 5.41) is 9.43. The molecule has 1 aromatic heterocycles. The molecule has 0 saturated carbocycles. The fourth-order valence-electron chi connectivity index (χ4n) is 5.85. The van der Waals surface area contributed by atoms with Gasteiger partial charge in [-0.1, -0.05) is 66.7 Å². The molecule has 0 spiro atoms. The number of rotatable bonds is 11. The van der Waals surface area contributed by atoms with Crippen LogP contribution in [0.4, 0.5) is 4.39 Å². The van der Waals surface area contributed by atoms with Crippen molar-refractivity contribution in [2.75, 3.05) is 19.6 Å². The van der Waals surface area contributed by atoms with Gasteiger partial charge in [-0.3, -0.25) is 9.36 Å². The van der Waals surface area contributed by atoms with E-state index in [-0.39, 0.29) is 29.7 Å². The highest BCUT2D eigenvalue weighted by atomic mass is 19.1. The van der Waals surface area contributed by atoms with Crippen LogP contribution in [0.15, 0.2) is 88.5 Å². The average Bonchev–Trinajstić information content (AvgIpc) is 3.00. The molecular weight excluding hydrogens is 549 g/mol. The Morgan fingerprint density at radius 3 is 2.07 bits per heavy atom. The number of aromatic nitrogens is 2. The molecule has 0 bridgehead atoms. The third-order valence-corrected chi connectivity index (χ3v) is 8.38. The first-order valence-electron chi connectivity index (χ1n) is 14.8. The monoisotopic (exact) mass is 587 g/mol. The smallest absolute Gasteiger partial charge is 0.332 e. The van der Waals surface area contributed by atoms with Crippen LogP contribution in [0, 0.1) is 5.82 Å². The Labute approximate surface area is 250 Å². The molecule has 43 heavy (non-hydrogen) atoms. The maximum absolute atomic E-state index is 14.8. The maximum atomic E-state index is 14.8. The van der Waals surface area contributed by atoms with Gasteiger partial charge in [-0.25, -0.2) is 18.5 Å². The summed E-state index contributed by atoms with van der Waals surface area (Å²) in [6.07, 6.45) is 3.24. The number of hydrogen-bond acceptors (Lipinski definition) is 5. The maximum Gasteiger partial charge on any atom is 0.332 e. The summed E-state index contributed by atoms with van der Waals surface area (Å²) in [5.41, 5.74) is -1.07. The third-order valence-electron chi connectivity index (χ3n) is 8.38. The van der Waals surface area contributed by atoms with Crippen LogP contribution < -0.4 is 11.2 Å². The fraction of sp³-hybridized carbons (Fsp3) is 0.382. The molecule has 1 aliphatic heterocycles. The molecule has 9 heteroatoms. The van der Waals surface area contributed by atoms with Crippen molar-refractivity contribution in [3.05, 3.63) is 117 Å². The second-order valence-corrected chi connectivity index (χ2v) is 11.7. The van der Waals surface area contributed by atoms with Crippen LogP contribution >= 0.6 is 0 Å². The number of unbranched alkanes of at least 4 members (excludes halogenated alkanes) is 1. The Hall–Kier alpha value is -4.08. The number of ether oxygens (including phenoxy) is 1. The number of piperidine rings is 1. The molecule has 0 atom stereocenters. The number of fused-ring (bicyclic) bond motifs is 1. The van der Waals surface area contributed by atoms with Gasteiger partial charge in [0.2, 0.25) is 0 Å². The van der Waals surface area contributed by atoms with Crippen molar-refractivity contribution < 1.29 is 19.0 Å². The summed E-state index contributed by atoms with van der Waals surface area (Å²) < 4.78 is 23.4. The molecule has 5 rings (SSSR count). The minimum absolute atomic E-state index is 0.119. The predicted octanol–water partition coefficient (Wildman–Crippen LogP) is 5.17. The minimum Gasteiger partial charge on any atom is -0.480 e. The number of carboxylic acids is 1. The summed E-state index contributed by atoms with van der Waals surface area (Å²) in [6, 6.07) is 24.7. The summed E-state index contributed by atoms with van der Waals surface area (Å²) in [4.78, 5) is 40.8. The first kappa shape index (κ1) is 30.4. The van der Waals surface area contributed by atoms with E-state index in [4.69, 9.17) is 4.74 Å². The Morgan fingerprint density at radius 2 is 1.49 bits per heavy atom. The Kier molecular flexibility index (Phi) is 9.22. The number of hydrogen-bond donors (Lipinski definition) is 1. The lowest BCUT2D eigenvalue weighted by molar-refractivity contribution is -0.146. The topological polar surface area (TPSA) is 93.8 Å². The lowest BCUT2D eigenvalue weighted by Gasteiger charge is -2.34. The van der Waals surface area contributed by atoms with Gasteiger partial charge in [0.15, 0.2) is 0 Å². The van der Waals surface area contributed by atoms with Crippen LogP contribution in [0.25, 0.3) is 10.9 Å². The number of carbonyl (C=O) groups is 1. The molecule has 1 aliphatic rings. The van der Waals surface area contributed by atoms with Gasteiger partial charge in [0, 0.05) is 19.6 Å². The number of aryl methyl sites for hydroxylation is 1. The van der Waals surface area contributed by atoms with E-state index in [1.54, 1.807) is 0 Å². The summed E-state index contributed by atoms with van der Waals surface area (Å²) >= 11 is 0. The second-order valence-electron chi connectivity index (χ2n) is 11.7. The molecule has 226 valence electrons.